The van der Waals surface area contributed by atoms with Crippen molar-refractivity contribution in [3.8, 4) is 5.75 Å². The highest BCUT2D eigenvalue weighted by molar-refractivity contribution is 8.29. The second-order valence-electron chi connectivity index (χ2n) is 10.4. The predicted octanol–water partition coefficient (Wildman–Crippen LogP) is 4.77. The number of nitrogens with zero attached hydrogens (tertiary/aromatic N) is 3. The second kappa shape index (κ2) is 11.3. The second-order valence-corrected chi connectivity index (χ2v) is 13.5. The maximum Gasteiger partial charge on any atom is 0.410 e. The summed E-state index contributed by atoms with van der Waals surface area (Å²) in [5.41, 5.74) is -2.01. The molecule has 4 rings (SSSR count). The number of hydrogen-bond acceptors (Lipinski definition) is 8. The van der Waals surface area contributed by atoms with Crippen LogP contribution in [-0.4, -0.2) is 73.0 Å². The zero-order chi connectivity index (χ0) is 31.1. The molecule has 3 atom stereocenters. The number of aromatic nitrogens is 2. The molecule has 2 aromatic heterocycles. The average molecular weight is 621 g/mol. The largest absolute Gasteiger partial charge is 0.485 e. The summed E-state index contributed by atoms with van der Waals surface area (Å²) >= 11 is 0. The number of amides is 2. The van der Waals surface area contributed by atoms with E-state index in [1.807, 2.05) is 0 Å². The molecule has 1 unspecified atom stereocenters. The number of alkyl halides is 4. The SMILES string of the molecule is CC1(C)C(NC(=O)O)=N[C@](C)(c2nc(NC(=O)c3ccc(OCC(F)(F)C(F)F)cn3)ccc2F)[C@H]2CCCNS21O. The first-order chi connectivity index (χ1) is 19.5. The van der Waals surface area contributed by atoms with Crippen molar-refractivity contribution in [2.75, 3.05) is 18.5 Å². The van der Waals surface area contributed by atoms with Gasteiger partial charge in [0.05, 0.1) is 16.2 Å². The van der Waals surface area contributed by atoms with E-state index < -0.39 is 62.8 Å². The van der Waals surface area contributed by atoms with Gasteiger partial charge in [0.15, 0.2) is 6.61 Å². The Kier molecular flexibility index (Phi) is 8.41. The quantitative estimate of drug-likeness (QED) is 0.277. The van der Waals surface area contributed by atoms with Gasteiger partial charge in [0, 0.05) is 6.54 Å². The van der Waals surface area contributed by atoms with Crippen molar-refractivity contribution < 1.29 is 45.9 Å². The Hall–Kier alpha value is -3.57. The van der Waals surface area contributed by atoms with Crippen molar-refractivity contribution in [2.45, 2.75) is 61.5 Å². The van der Waals surface area contributed by atoms with E-state index in [1.165, 1.54) is 13.0 Å². The van der Waals surface area contributed by atoms with E-state index in [-0.39, 0.29) is 28.8 Å². The number of hydrogen-bond donors (Lipinski definition) is 5. The zero-order valence-electron chi connectivity index (χ0n) is 22.6. The molecule has 1 saturated heterocycles. The molecular formula is C25H29F5N6O5S. The summed E-state index contributed by atoms with van der Waals surface area (Å²) in [6, 6.07) is 4.41. The Morgan fingerprint density at radius 1 is 1.21 bits per heavy atom. The van der Waals surface area contributed by atoms with Gasteiger partial charge >= 0.3 is 18.4 Å². The van der Waals surface area contributed by atoms with E-state index in [0.717, 1.165) is 24.4 Å². The first kappa shape index (κ1) is 31.4. The summed E-state index contributed by atoms with van der Waals surface area (Å²) in [6.07, 6.45) is -3.37. The van der Waals surface area contributed by atoms with Gasteiger partial charge < -0.3 is 19.7 Å². The third-order valence-corrected chi connectivity index (χ3v) is 11.1. The molecule has 0 aromatic carbocycles. The van der Waals surface area contributed by atoms with E-state index in [2.05, 4.69) is 35.1 Å². The Balaban J connectivity index is 1.62. The lowest BCUT2D eigenvalue weighted by atomic mass is 9.88. The molecule has 230 valence electrons. The lowest BCUT2D eigenvalue weighted by Gasteiger charge is -2.61. The molecule has 42 heavy (non-hydrogen) atoms. The number of nitrogens with one attached hydrogen (secondary N) is 3. The molecule has 5 N–H and O–H groups in total. The molecule has 1 fully saturated rings. The van der Waals surface area contributed by atoms with Crippen LogP contribution in [-0.2, 0) is 5.54 Å². The number of carbonyl (C=O) groups excluding carboxylic acids is 1. The summed E-state index contributed by atoms with van der Waals surface area (Å²) < 4.78 is 84.7. The number of fused-ring (bicyclic) bond motifs is 1. The smallest absolute Gasteiger partial charge is 0.410 e. The van der Waals surface area contributed by atoms with E-state index in [1.54, 1.807) is 13.8 Å². The predicted molar refractivity (Wildman–Crippen MR) is 144 cm³/mol. The molecular weight excluding hydrogens is 591 g/mol. The molecule has 2 aliphatic rings. The van der Waals surface area contributed by atoms with Crippen LogP contribution in [0.15, 0.2) is 35.5 Å². The lowest BCUT2D eigenvalue weighted by Crippen LogP contribution is -2.63. The normalized spacial score (nSPS) is 26.8. The molecule has 2 amide bonds. The highest BCUT2D eigenvalue weighted by Crippen LogP contribution is 2.66. The number of rotatable bonds is 7. The molecule has 11 nitrogen and oxygen atoms in total. The van der Waals surface area contributed by atoms with Gasteiger partial charge in [-0.05, 0) is 57.9 Å². The van der Waals surface area contributed by atoms with Crippen LogP contribution in [0.4, 0.5) is 32.6 Å². The standard InChI is InChI=1S/C25H29F5N6O5S/c1-23(2)21(35-22(38)39)36-24(3,16-5-4-10-32-42(16,23)40)18-14(26)7-9-17(33-18)34-19(37)15-8-6-13(11-31-15)41-12-25(29,30)20(27)28/h6-9,11,16,20,32,40H,4-5,10,12H2,1-3H3,(H,35,36)(H,38,39)(H,33,34,37)/t16-,24+/m1/s1. The fourth-order valence-corrected chi connectivity index (χ4v) is 8.35. The van der Waals surface area contributed by atoms with Crippen molar-refractivity contribution in [3.05, 3.63) is 47.7 Å². The van der Waals surface area contributed by atoms with Gasteiger partial charge in [-0.1, -0.05) is 10.5 Å². The molecule has 0 spiro atoms. The molecule has 2 aromatic rings. The van der Waals surface area contributed by atoms with Gasteiger partial charge in [-0.25, -0.2) is 27.9 Å². The van der Waals surface area contributed by atoms with Gasteiger partial charge in [-0.2, -0.15) is 8.78 Å². The van der Waals surface area contributed by atoms with Crippen LogP contribution in [0.25, 0.3) is 0 Å². The first-order valence-electron chi connectivity index (χ1n) is 12.6. The number of carboxylic acid groups (broad SMARTS) is 1. The van der Waals surface area contributed by atoms with Crippen molar-refractivity contribution >= 4 is 34.1 Å². The Morgan fingerprint density at radius 2 is 1.93 bits per heavy atom. The maximum atomic E-state index is 15.4. The molecule has 2 aliphatic heterocycles. The monoisotopic (exact) mass is 620 g/mol. The lowest BCUT2D eigenvalue weighted by molar-refractivity contribution is -0.148. The number of amidine groups is 1. The summed E-state index contributed by atoms with van der Waals surface area (Å²) in [5, 5.41) is 13.4. The maximum absolute atomic E-state index is 15.4. The fourth-order valence-electron chi connectivity index (χ4n) is 4.90. The minimum absolute atomic E-state index is 0.0749. The Labute approximate surface area is 238 Å². The van der Waals surface area contributed by atoms with Crippen molar-refractivity contribution in [1.29, 1.82) is 0 Å². The number of aliphatic imine (C=N–C) groups is 1. The van der Waals surface area contributed by atoms with Crippen LogP contribution in [0.5, 0.6) is 5.75 Å². The number of carbonyl (C=O) groups is 2. The molecule has 17 heteroatoms. The Bertz CT molecular complexity index is 1400. The van der Waals surface area contributed by atoms with Gasteiger partial charge in [0.1, 0.15) is 40.1 Å². The number of halogens is 5. The van der Waals surface area contributed by atoms with E-state index >= 15 is 4.39 Å². The first-order valence-corrected chi connectivity index (χ1v) is 14.3. The molecule has 0 radical (unpaired) electrons. The highest BCUT2D eigenvalue weighted by atomic mass is 32.3. The number of anilines is 1. The zero-order valence-corrected chi connectivity index (χ0v) is 23.4. The van der Waals surface area contributed by atoms with Gasteiger partial charge in [0.2, 0.25) is 0 Å². The van der Waals surface area contributed by atoms with Crippen molar-refractivity contribution in [1.82, 2.24) is 20.0 Å². The third-order valence-electron chi connectivity index (χ3n) is 7.21. The van der Waals surface area contributed by atoms with Gasteiger partial charge in [-0.3, -0.25) is 19.8 Å². The molecule has 4 heterocycles. The third kappa shape index (κ3) is 5.72. The molecule has 0 bridgehead atoms. The number of ether oxygens (including phenoxy) is 1. The van der Waals surface area contributed by atoms with Crippen LogP contribution < -0.4 is 20.1 Å². The topological polar surface area (TPSA) is 158 Å². The van der Waals surface area contributed by atoms with Crippen molar-refractivity contribution in [2.24, 2.45) is 4.99 Å². The van der Waals surface area contributed by atoms with Crippen LogP contribution >= 0.6 is 10.5 Å². The van der Waals surface area contributed by atoms with Crippen LogP contribution in [0.1, 0.15) is 49.8 Å². The van der Waals surface area contributed by atoms with Gasteiger partial charge in [0.25, 0.3) is 5.91 Å². The summed E-state index contributed by atoms with van der Waals surface area (Å²) in [6.45, 7) is 3.71. The van der Waals surface area contributed by atoms with E-state index in [9.17, 15) is 36.8 Å². The highest BCUT2D eigenvalue weighted by Gasteiger charge is 2.61. The van der Waals surface area contributed by atoms with E-state index in [0.29, 0.717) is 19.4 Å². The average Bonchev–Trinajstić information content (AvgIpc) is 2.92. The van der Waals surface area contributed by atoms with Crippen LogP contribution in [0, 0.1) is 5.82 Å². The summed E-state index contributed by atoms with van der Waals surface area (Å²) in [5.74, 6) is -6.46. The Morgan fingerprint density at radius 3 is 2.55 bits per heavy atom. The fraction of sp³-hybridized carbons (Fsp3) is 0.480. The van der Waals surface area contributed by atoms with Gasteiger partial charge in [-0.15, -0.1) is 0 Å². The minimum atomic E-state index is -4.37. The van der Waals surface area contributed by atoms with Crippen molar-refractivity contribution in [3.63, 3.8) is 0 Å². The molecule has 0 aliphatic carbocycles. The minimum Gasteiger partial charge on any atom is -0.485 e. The summed E-state index contributed by atoms with van der Waals surface area (Å²) in [7, 11) is -2.84. The number of pyridine rings is 2. The summed E-state index contributed by atoms with van der Waals surface area (Å²) in [4.78, 5) is 37.1. The molecule has 0 saturated carbocycles. The van der Waals surface area contributed by atoms with E-state index in [4.69, 9.17) is 0 Å². The van der Waals surface area contributed by atoms with Crippen LogP contribution in [0.2, 0.25) is 0 Å². The van der Waals surface area contributed by atoms with Crippen LogP contribution in [0.3, 0.4) is 0 Å².